The van der Waals surface area contributed by atoms with Crippen LogP contribution >= 0.6 is 7.82 Å². The van der Waals surface area contributed by atoms with E-state index in [1.807, 2.05) is 21.1 Å². The van der Waals surface area contributed by atoms with Crippen LogP contribution in [0.3, 0.4) is 0 Å². The normalized spacial score (nSPS) is 14.3. The SMILES string of the molecule is CCCCC/C=C\C/C=C\CCCCCC(=O)OC[C@H](COP(=O)(O)OCC[N+](C)(C)C)OC(=O)CCCCC/C=C\C/C=C\CCCCC. The van der Waals surface area contributed by atoms with Crippen LogP contribution in [0.15, 0.2) is 48.6 Å². The second-order valence-corrected chi connectivity index (χ2v) is 15.4. The number of nitrogens with zero attached hydrogens (tertiary/aromatic N) is 1. The minimum Gasteiger partial charge on any atom is -0.462 e. The van der Waals surface area contributed by atoms with E-state index in [-0.39, 0.29) is 26.1 Å². The molecule has 1 N–H and O–H groups in total. The summed E-state index contributed by atoms with van der Waals surface area (Å²) in [6.07, 6.45) is 35.9. The average Bonchev–Trinajstić information content (AvgIpc) is 3.06. The molecule has 2 atom stereocenters. The summed E-state index contributed by atoms with van der Waals surface area (Å²) in [6, 6.07) is 0. The summed E-state index contributed by atoms with van der Waals surface area (Å²) < 4.78 is 34.1. The highest BCUT2D eigenvalue weighted by Crippen LogP contribution is 2.43. The third-order valence-electron chi connectivity index (χ3n) is 7.83. The molecule has 50 heavy (non-hydrogen) atoms. The van der Waals surface area contributed by atoms with Crippen molar-refractivity contribution < 1.29 is 42.1 Å². The van der Waals surface area contributed by atoms with Crippen LogP contribution in [0.1, 0.15) is 142 Å². The van der Waals surface area contributed by atoms with Crippen molar-refractivity contribution in [1.82, 2.24) is 0 Å². The molecule has 9 nitrogen and oxygen atoms in total. The van der Waals surface area contributed by atoms with Crippen molar-refractivity contribution in [1.29, 1.82) is 0 Å². The first-order valence-corrected chi connectivity index (χ1v) is 20.9. The first-order valence-electron chi connectivity index (χ1n) is 19.4. The van der Waals surface area contributed by atoms with E-state index < -0.39 is 32.5 Å². The highest BCUT2D eigenvalue weighted by Gasteiger charge is 2.27. The van der Waals surface area contributed by atoms with Gasteiger partial charge in [0.25, 0.3) is 0 Å². The van der Waals surface area contributed by atoms with Gasteiger partial charge in [0, 0.05) is 12.8 Å². The van der Waals surface area contributed by atoms with Gasteiger partial charge < -0.3 is 18.9 Å². The molecule has 0 spiro atoms. The Morgan fingerprint density at radius 2 is 1.08 bits per heavy atom. The number of ether oxygens (including phenoxy) is 2. The molecule has 0 aromatic carbocycles. The van der Waals surface area contributed by atoms with Crippen LogP contribution in [-0.4, -0.2) is 74.9 Å². The van der Waals surface area contributed by atoms with Gasteiger partial charge in [0.2, 0.25) is 0 Å². The van der Waals surface area contributed by atoms with Crippen molar-refractivity contribution in [2.75, 3.05) is 47.5 Å². The lowest BCUT2D eigenvalue weighted by atomic mass is 10.1. The molecular weight excluding hydrogens is 653 g/mol. The van der Waals surface area contributed by atoms with Gasteiger partial charge in [-0.05, 0) is 77.0 Å². The molecular formula is C40H73NO8P+. The highest BCUT2D eigenvalue weighted by molar-refractivity contribution is 7.47. The van der Waals surface area contributed by atoms with Crippen LogP contribution < -0.4 is 0 Å². The number of rotatable bonds is 34. The number of phosphoric ester groups is 1. The molecule has 0 saturated carbocycles. The van der Waals surface area contributed by atoms with E-state index in [9.17, 15) is 19.0 Å². The number of phosphoric acid groups is 1. The Hall–Kier alpha value is -2.03. The van der Waals surface area contributed by atoms with E-state index in [1.54, 1.807) is 0 Å². The van der Waals surface area contributed by atoms with Crippen LogP contribution in [0.5, 0.6) is 0 Å². The number of hydrogen-bond donors (Lipinski definition) is 1. The fraction of sp³-hybridized carbons (Fsp3) is 0.750. The largest absolute Gasteiger partial charge is 0.472 e. The fourth-order valence-corrected chi connectivity index (χ4v) is 5.46. The second-order valence-electron chi connectivity index (χ2n) is 14.0. The summed E-state index contributed by atoms with van der Waals surface area (Å²) in [5.74, 6) is -0.863. The molecule has 0 aromatic rings. The maximum absolute atomic E-state index is 12.6. The third-order valence-corrected chi connectivity index (χ3v) is 8.82. The Balaban J connectivity index is 4.54. The zero-order valence-electron chi connectivity index (χ0n) is 32.4. The molecule has 0 aliphatic carbocycles. The monoisotopic (exact) mass is 727 g/mol. The quantitative estimate of drug-likeness (QED) is 0.0230. The molecule has 0 fully saturated rings. The number of carbonyl (C=O) groups is 2. The van der Waals surface area contributed by atoms with Gasteiger partial charge in [-0.2, -0.15) is 0 Å². The summed E-state index contributed by atoms with van der Waals surface area (Å²) in [6.45, 7) is 4.27. The van der Waals surface area contributed by atoms with Crippen LogP contribution in [0.4, 0.5) is 0 Å². The number of hydrogen-bond acceptors (Lipinski definition) is 7. The molecule has 0 saturated heterocycles. The average molecular weight is 727 g/mol. The molecule has 0 aromatic heterocycles. The molecule has 10 heteroatoms. The lowest BCUT2D eigenvalue weighted by molar-refractivity contribution is -0.870. The van der Waals surface area contributed by atoms with E-state index in [4.69, 9.17) is 18.5 Å². The third kappa shape index (κ3) is 35.8. The number of carbonyl (C=O) groups excluding carboxylic acids is 2. The summed E-state index contributed by atoms with van der Waals surface area (Å²) >= 11 is 0. The predicted octanol–water partition coefficient (Wildman–Crippen LogP) is 10.3. The second kappa shape index (κ2) is 32.8. The fourth-order valence-electron chi connectivity index (χ4n) is 4.72. The van der Waals surface area contributed by atoms with E-state index in [0.29, 0.717) is 23.9 Å². The number of quaternary nitrogens is 1. The molecule has 0 aliphatic heterocycles. The van der Waals surface area contributed by atoms with E-state index >= 15 is 0 Å². The number of esters is 2. The lowest BCUT2D eigenvalue weighted by Crippen LogP contribution is -2.37. The zero-order valence-corrected chi connectivity index (χ0v) is 33.3. The van der Waals surface area contributed by atoms with Crippen molar-refractivity contribution in [3.63, 3.8) is 0 Å². The van der Waals surface area contributed by atoms with Gasteiger partial charge in [0.05, 0.1) is 27.7 Å². The minimum atomic E-state index is -4.38. The van der Waals surface area contributed by atoms with Gasteiger partial charge >= 0.3 is 19.8 Å². The topological polar surface area (TPSA) is 108 Å². The molecule has 0 amide bonds. The molecule has 0 heterocycles. The molecule has 1 unspecified atom stereocenters. The van der Waals surface area contributed by atoms with E-state index in [0.717, 1.165) is 64.2 Å². The van der Waals surface area contributed by atoms with E-state index in [1.165, 1.54) is 38.5 Å². The van der Waals surface area contributed by atoms with Crippen LogP contribution in [0.2, 0.25) is 0 Å². The molecule has 0 radical (unpaired) electrons. The van der Waals surface area contributed by atoms with Gasteiger partial charge in [-0.3, -0.25) is 18.6 Å². The Bertz CT molecular complexity index is 1000. The Labute approximate surface area is 305 Å². The Morgan fingerprint density at radius 3 is 1.54 bits per heavy atom. The van der Waals surface area contributed by atoms with Gasteiger partial charge in [0.1, 0.15) is 19.8 Å². The highest BCUT2D eigenvalue weighted by atomic mass is 31.2. The van der Waals surface area contributed by atoms with Gasteiger partial charge in [-0.15, -0.1) is 0 Å². The summed E-state index contributed by atoms with van der Waals surface area (Å²) in [5.41, 5.74) is 0. The number of unbranched alkanes of at least 4 members (excludes halogenated alkanes) is 12. The first kappa shape index (κ1) is 48.0. The molecule has 290 valence electrons. The first-order chi connectivity index (χ1) is 24.0. The van der Waals surface area contributed by atoms with Crippen molar-refractivity contribution in [3.05, 3.63) is 48.6 Å². The van der Waals surface area contributed by atoms with Gasteiger partial charge in [0.15, 0.2) is 6.10 Å². The summed E-state index contributed by atoms with van der Waals surface area (Å²) in [5, 5.41) is 0. The summed E-state index contributed by atoms with van der Waals surface area (Å²) in [4.78, 5) is 35.1. The standard InChI is InChI=1S/C40H72NO8P/c1-6-8-10-12-14-16-18-20-22-24-26-28-30-32-39(42)46-36-38(37-48-50(44,45)47-35-34-41(3,4)5)49-40(43)33-31-29-27-25-23-21-19-17-15-13-11-9-7-2/h14-17,20-23,38H,6-13,18-19,24-37H2,1-5H3/p+1/b16-14-,17-15-,22-20-,23-21-/t38-/m1/s1. The molecule has 0 bridgehead atoms. The number of likely N-dealkylation sites (N-methyl/N-ethyl adjacent to an activating group) is 1. The molecule has 0 rings (SSSR count). The lowest BCUT2D eigenvalue weighted by Gasteiger charge is -2.24. The predicted molar refractivity (Wildman–Crippen MR) is 206 cm³/mol. The van der Waals surface area contributed by atoms with Crippen molar-refractivity contribution in [3.8, 4) is 0 Å². The Kier molecular flexibility index (Phi) is 31.5. The minimum absolute atomic E-state index is 0.0214. The number of allylic oxidation sites excluding steroid dienone is 8. The van der Waals surface area contributed by atoms with Crippen LogP contribution in [0, 0.1) is 0 Å². The zero-order chi connectivity index (χ0) is 37.2. The Morgan fingerprint density at radius 1 is 0.620 bits per heavy atom. The van der Waals surface area contributed by atoms with E-state index in [2.05, 4.69) is 62.5 Å². The maximum Gasteiger partial charge on any atom is 0.472 e. The van der Waals surface area contributed by atoms with Crippen molar-refractivity contribution >= 4 is 19.8 Å². The smallest absolute Gasteiger partial charge is 0.462 e. The maximum atomic E-state index is 12.6. The summed E-state index contributed by atoms with van der Waals surface area (Å²) in [7, 11) is 1.44. The van der Waals surface area contributed by atoms with Crippen LogP contribution in [0.25, 0.3) is 0 Å². The van der Waals surface area contributed by atoms with Gasteiger partial charge in [-0.1, -0.05) is 101 Å². The van der Waals surface area contributed by atoms with Crippen molar-refractivity contribution in [2.45, 2.75) is 148 Å². The van der Waals surface area contributed by atoms with Crippen molar-refractivity contribution in [2.24, 2.45) is 0 Å². The molecule has 0 aliphatic rings. The van der Waals surface area contributed by atoms with Gasteiger partial charge in [-0.25, -0.2) is 4.57 Å². The van der Waals surface area contributed by atoms with Crippen LogP contribution in [-0.2, 0) is 32.7 Å².